The molecule has 102 valence electrons. The van der Waals surface area contributed by atoms with Crippen molar-refractivity contribution in [3.05, 3.63) is 29.3 Å². The Balaban J connectivity index is 2.15. The number of anilines is 1. The number of fused-ring (bicyclic) bond motifs is 1. The molecule has 0 aliphatic carbocycles. The van der Waals surface area contributed by atoms with Crippen LogP contribution in [-0.2, 0) is 22.6 Å². The molecule has 1 heterocycles. The summed E-state index contributed by atoms with van der Waals surface area (Å²) in [4.78, 5) is 24.8. The van der Waals surface area contributed by atoms with Gasteiger partial charge in [0.25, 0.3) is 0 Å². The Morgan fingerprint density at radius 3 is 2.84 bits per heavy atom. The largest absolute Gasteiger partial charge is 0.326 e. The molecule has 1 aliphatic rings. The van der Waals surface area contributed by atoms with Gasteiger partial charge in [-0.2, -0.15) is 0 Å². The van der Waals surface area contributed by atoms with Crippen LogP contribution in [0.1, 0.15) is 37.3 Å². The third-order valence-electron chi connectivity index (χ3n) is 3.49. The van der Waals surface area contributed by atoms with E-state index in [4.69, 9.17) is 5.73 Å². The zero-order chi connectivity index (χ0) is 13.8. The maximum absolute atomic E-state index is 12.0. The fourth-order valence-electron chi connectivity index (χ4n) is 2.47. The van der Waals surface area contributed by atoms with Gasteiger partial charge < -0.3 is 15.4 Å². The summed E-state index contributed by atoms with van der Waals surface area (Å²) < 4.78 is 0. The summed E-state index contributed by atoms with van der Waals surface area (Å²) in [7, 11) is 0. The number of amides is 1. The summed E-state index contributed by atoms with van der Waals surface area (Å²) in [5, 5.41) is 0. The topological polar surface area (TPSA) is 63.4 Å². The maximum Gasteiger partial charge on any atom is 0.227 e. The van der Waals surface area contributed by atoms with Gasteiger partial charge in [-0.05, 0) is 37.0 Å². The van der Waals surface area contributed by atoms with Crippen molar-refractivity contribution in [2.24, 2.45) is 5.73 Å². The Labute approximate surface area is 113 Å². The number of ketones is 1. The van der Waals surface area contributed by atoms with E-state index in [0.717, 1.165) is 24.1 Å². The number of nitrogens with zero attached hydrogens (tertiary/aromatic N) is 1. The Hall–Kier alpha value is -1.68. The number of carbonyl (C=O) groups is 2. The van der Waals surface area contributed by atoms with Gasteiger partial charge in [-0.1, -0.05) is 12.1 Å². The highest BCUT2D eigenvalue weighted by Crippen LogP contribution is 2.29. The summed E-state index contributed by atoms with van der Waals surface area (Å²) >= 11 is 0. The van der Waals surface area contributed by atoms with Crippen LogP contribution in [0.2, 0.25) is 0 Å². The van der Waals surface area contributed by atoms with Crippen LogP contribution >= 0.6 is 0 Å². The van der Waals surface area contributed by atoms with E-state index in [1.165, 1.54) is 5.56 Å². The number of rotatable bonds is 5. The molecule has 0 unspecified atom stereocenters. The van der Waals surface area contributed by atoms with Gasteiger partial charge in [0.2, 0.25) is 5.91 Å². The number of benzene rings is 1. The molecule has 0 aromatic heterocycles. The van der Waals surface area contributed by atoms with E-state index in [1.54, 1.807) is 6.92 Å². The highest BCUT2D eigenvalue weighted by Gasteiger charge is 2.23. The second-order valence-electron chi connectivity index (χ2n) is 5.02. The molecule has 1 aliphatic heterocycles. The van der Waals surface area contributed by atoms with Crippen molar-refractivity contribution in [3.63, 3.8) is 0 Å². The van der Waals surface area contributed by atoms with Crippen LogP contribution in [0.15, 0.2) is 18.2 Å². The van der Waals surface area contributed by atoms with Gasteiger partial charge in [0.1, 0.15) is 5.78 Å². The first-order chi connectivity index (χ1) is 9.11. The lowest BCUT2D eigenvalue weighted by molar-refractivity contribution is -0.119. The van der Waals surface area contributed by atoms with E-state index < -0.39 is 0 Å². The zero-order valence-corrected chi connectivity index (χ0v) is 11.3. The Morgan fingerprint density at radius 2 is 2.16 bits per heavy atom. The van der Waals surface area contributed by atoms with Crippen LogP contribution < -0.4 is 10.6 Å². The molecule has 0 bridgehead atoms. The number of hydrogen-bond acceptors (Lipinski definition) is 3. The Bertz CT molecular complexity index is 497. The van der Waals surface area contributed by atoms with Crippen molar-refractivity contribution in [2.75, 3.05) is 11.4 Å². The summed E-state index contributed by atoms with van der Waals surface area (Å²) in [6, 6.07) is 6.03. The molecule has 2 rings (SSSR count). The summed E-state index contributed by atoms with van der Waals surface area (Å²) in [6.07, 6.45) is 2.57. The molecular formula is C15H20N2O2. The molecule has 0 atom stereocenters. The number of hydrogen-bond donors (Lipinski definition) is 1. The minimum Gasteiger partial charge on any atom is -0.326 e. The van der Waals surface area contributed by atoms with Gasteiger partial charge in [-0.25, -0.2) is 0 Å². The quantitative estimate of drug-likeness (QED) is 0.878. The molecule has 1 aromatic carbocycles. The molecule has 1 aromatic rings. The minimum absolute atomic E-state index is 0.150. The van der Waals surface area contributed by atoms with Crippen LogP contribution in [0.3, 0.4) is 0 Å². The second kappa shape index (κ2) is 5.97. The normalized spacial score (nSPS) is 14.4. The summed E-state index contributed by atoms with van der Waals surface area (Å²) in [6.45, 7) is 2.72. The monoisotopic (exact) mass is 260 g/mol. The number of nitrogens with two attached hydrogens (primary N) is 1. The predicted octanol–water partition coefficient (Wildman–Crippen LogP) is 1.79. The van der Waals surface area contributed by atoms with Crippen molar-refractivity contribution in [3.8, 4) is 0 Å². The lowest BCUT2D eigenvalue weighted by Crippen LogP contribution is -2.36. The van der Waals surface area contributed by atoms with E-state index in [1.807, 2.05) is 17.0 Å². The average Bonchev–Trinajstić information content (AvgIpc) is 2.40. The van der Waals surface area contributed by atoms with Crippen molar-refractivity contribution < 1.29 is 9.59 Å². The maximum atomic E-state index is 12.0. The fourth-order valence-corrected chi connectivity index (χ4v) is 2.47. The molecule has 0 saturated carbocycles. The molecule has 0 spiro atoms. The van der Waals surface area contributed by atoms with E-state index in [2.05, 4.69) is 6.07 Å². The van der Waals surface area contributed by atoms with Gasteiger partial charge in [0.15, 0.2) is 0 Å². The molecule has 1 amide bonds. The first-order valence-corrected chi connectivity index (χ1v) is 6.73. The molecule has 0 radical (unpaired) electrons. The number of carbonyl (C=O) groups excluding carboxylic acids is 2. The van der Waals surface area contributed by atoms with E-state index in [-0.39, 0.29) is 11.7 Å². The van der Waals surface area contributed by atoms with E-state index in [0.29, 0.717) is 25.9 Å². The summed E-state index contributed by atoms with van der Waals surface area (Å²) in [5.74, 6) is 0.319. The molecule has 0 saturated heterocycles. The van der Waals surface area contributed by atoms with Crippen LogP contribution in [0.5, 0.6) is 0 Å². The summed E-state index contributed by atoms with van der Waals surface area (Å²) in [5.41, 5.74) is 8.90. The Morgan fingerprint density at radius 1 is 1.37 bits per heavy atom. The number of Topliss-reactive ketones (excluding diaryl/α,β-unsaturated/α-hetero) is 1. The van der Waals surface area contributed by atoms with Crippen LogP contribution in [0.25, 0.3) is 0 Å². The second-order valence-corrected chi connectivity index (χ2v) is 5.02. The van der Waals surface area contributed by atoms with Gasteiger partial charge in [0, 0.05) is 31.6 Å². The smallest absolute Gasteiger partial charge is 0.227 e. The van der Waals surface area contributed by atoms with Crippen molar-refractivity contribution in [1.82, 2.24) is 0 Å². The standard InChI is InChI=1S/C15H20N2O2/c1-11(18)3-2-8-17-14-6-4-12(10-16)9-13(14)5-7-15(17)19/h4,6,9H,2-3,5,7-8,10,16H2,1H3. The average molecular weight is 260 g/mol. The zero-order valence-electron chi connectivity index (χ0n) is 11.3. The third kappa shape index (κ3) is 3.20. The third-order valence-corrected chi connectivity index (χ3v) is 3.49. The highest BCUT2D eigenvalue weighted by molar-refractivity contribution is 5.96. The van der Waals surface area contributed by atoms with Crippen LogP contribution in [-0.4, -0.2) is 18.2 Å². The van der Waals surface area contributed by atoms with Gasteiger partial charge in [-0.3, -0.25) is 4.79 Å². The van der Waals surface area contributed by atoms with E-state index in [9.17, 15) is 9.59 Å². The lowest BCUT2D eigenvalue weighted by Gasteiger charge is -2.29. The molecule has 4 heteroatoms. The predicted molar refractivity (Wildman–Crippen MR) is 74.9 cm³/mol. The SMILES string of the molecule is CC(=O)CCCN1C(=O)CCc2cc(CN)ccc21. The van der Waals surface area contributed by atoms with Gasteiger partial charge >= 0.3 is 0 Å². The first kappa shape index (κ1) is 13.7. The lowest BCUT2D eigenvalue weighted by atomic mass is 9.98. The Kier molecular flexibility index (Phi) is 4.32. The van der Waals surface area contributed by atoms with Crippen LogP contribution in [0.4, 0.5) is 5.69 Å². The number of aryl methyl sites for hydroxylation is 1. The van der Waals surface area contributed by atoms with Crippen LogP contribution in [0, 0.1) is 0 Å². The van der Waals surface area contributed by atoms with Crippen molar-refractivity contribution in [1.29, 1.82) is 0 Å². The van der Waals surface area contributed by atoms with Gasteiger partial charge in [0.05, 0.1) is 0 Å². The first-order valence-electron chi connectivity index (χ1n) is 6.73. The molecule has 19 heavy (non-hydrogen) atoms. The molecule has 4 nitrogen and oxygen atoms in total. The fraction of sp³-hybridized carbons (Fsp3) is 0.467. The molecule has 0 fully saturated rings. The minimum atomic E-state index is 0.150. The molecule has 2 N–H and O–H groups in total. The van der Waals surface area contributed by atoms with Crippen molar-refractivity contribution in [2.45, 2.75) is 39.2 Å². The highest BCUT2D eigenvalue weighted by atomic mass is 16.2. The van der Waals surface area contributed by atoms with E-state index >= 15 is 0 Å². The molecular weight excluding hydrogens is 240 g/mol. The van der Waals surface area contributed by atoms with Crippen molar-refractivity contribution >= 4 is 17.4 Å². The van der Waals surface area contributed by atoms with Gasteiger partial charge in [-0.15, -0.1) is 0 Å².